The Morgan fingerprint density at radius 2 is 2.00 bits per heavy atom. The zero-order valence-corrected chi connectivity index (χ0v) is 16.3. The standard InChI is InChI=1S/C22H17N3O6/c1-2-30-20-11-15(25(28)29)9-13(21(20)27)12-23-14-7-8-18(26)16(10-14)22-24-17-5-3-4-6-19(17)31-22/h3-12,26-27H,2H2,1H3. The number of para-hydroxylation sites is 2. The van der Waals surface area contributed by atoms with Gasteiger partial charge in [-0.1, -0.05) is 12.1 Å². The Hall–Kier alpha value is -4.40. The van der Waals surface area contributed by atoms with E-state index in [4.69, 9.17) is 9.15 Å². The number of hydrogen-bond donors (Lipinski definition) is 2. The van der Waals surface area contributed by atoms with E-state index in [-0.39, 0.29) is 41.0 Å². The van der Waals surface area contributed by atoms with E-state index in [1.165, 1.54) is 18.3 Å². The molecule has 1 aromatic heterocycles. The summed E-state index contributed by atoms with van der Waals surface area (Å²) in [6.07, 6.45) is 1.28. The Kier molecular flexibility index (Phi) is 5.23. The highest BCUT2D eigenvalue weighted by Crippen LogP contribution is 2.36. The van der Waals surface area contributed by atoms with Gasteiger partial charge in [0.1, 0.15) is 11.3 Å². The zero-order valence-electron chi connectivity index (χ0n) is 16.3. The largest absolute Gasteiger partial charge is 0.507 e. The van der Waals surface area contributed by atoms with E-state index in [0.29, 0.717) is 22.4 Å². The number of aliphatic imine (C=N–C) groups is 1. The SMILES string of the molecule is CCOc1cc([N+](=O)[O-])cc(C=Nc2ccc(O)c(-c3nc4ccccc4o3)c2)c1O. The van der Waals surface area contributed by atoms with Crippen molar-refractivity contribution in [3.05, 3.63) is 70.3 Å². The zero-order chi connectivity index (χ0) is 22.0. The van der Waals surface area contributed by atoms with Gasteiger partial charge in [0.05, 0.1) is 28.8 Å². The summed E-state index contributed by atoms with van der Waals surface area (Å²) >= 11 is 0. The summed E-state index contributed by atoms with van der Waals surface area (Å²) in [6.45, 7) is 1.94. The van der Waals surface area contributed by atoms with E-state index in [9.17, 15) is 20.3 Å². The Labute approximate surface area is 176 Å². The van der Waals surface area contributed by atoms with Gasteiger partial charge in [-0.3, -0.25) is 15.1 Å². The topological polar surface area (TPSA) is 131 Å². The molecule has 0 unspecified atom stereocenters. The first kappa shape index (κ1) is 19.9. The van der Waals surface area contributed by atoms with Crippen LogP contribution in [0.5, 0.6) is 17.2 Å². The molecule has 0 atom stereocenters. The second kappa shape index (κ2) is 8.15. The highest BCUT2D eigenvalue weighted by atomic mass is 16.6. The van der Waals surface area contributed by atoms with Gasteiger partial charge in [-0.2, -0.15) is 0 Å². The lowest BCUT2D eigenvalue weighted by molar-refractivity contribution is -0.385. The van der Waals surface area contributed by atoms with Crippen LogP contribution in [-0.4, -0.2) is 32.9 Å². The van der Waals surface area contributed by atoms with Crippen LogP contribution in [0.3, 0.4) is 0 Å². The average molecular weight is 419 g/mol. The molecule has 3 aromatic carbocycles. The maximum Gasteiger partial charge on any atom is 0.274 e. The van der Waals surface area contributed by atoms with Gasteiger partial charge < -0.3 is 19.4 Å². The van der Waals surface area contributed by atoms with Crippen molar-refractivity contribution >= 4 is 28.7 Å². The molecule has 0 aliphatic heterocycles. The van der Waals surface area contributed by atoms with Gasteiger partial charge in [-0.15, -0.1) is 0 Å². The smallest absolute Gasteiger partial charge is 0.274 e. The summed E-state index contributed by atoms with van der Waals surface area (Å²) in [5, 5.41) is 31.8. The van der Waals surface area contributed by atoms with Gasteiger partial charge in [0.15, 0.2) is 17.1 Å². The molecule has 0 amide bonds. The first-order valence-electron chi connectivity index (χ1n) is 9.33. The number of oxazole rings is 1. The number of nitro groups is 1. The maximum absolute atomic E-state index is 11.2. The number of aromatic nitrogens is 1. The minimum absolute atomic E-state index is 0.00368. The van der Waals surface area contributed by atoms with Crippen molar-refractivity contribution in [3.63, 3.8) is 0 Å². The lowest BCUT2D eigenvalue weighted by atomic mass is 10.1. The van der Waals surface area contributed by atoms with Crippen LogP contribution >= 0.6 is 0 Å². The van der Waals surface area contributed by atoms with Gasteiger partial charge in [-0.05, 0) is 37.3 Å². The summed E-state index contributed by atoms with van der Waals surface area (Å²) in [5.41, 5.74) is 1.87. The third kappa shape index (κ3) is 4.01. The molecule has 9 heteroatoms. The number of aromatic hydroxyl groups is 2. The molecule has 0 bridgehead atoms. The number of nitrogens with zero attached hydrogens (tertiary/aromatic N) is 3. The number of non-ortho nitro benzene ring substituents is 1. The molecule has 9 nitrogen and oxygen atoms in total. The molecule has 31 heavy (non-hydrogen) atoms. The van der Waals surface area contributed by atoms with Crippen molar-refractivity contribution in [3.8, 4) is 28.7 Å². The summed E-state index contributed by atoms with van der Waals surface area (Å²) in [6, 6.07) is 14.1. The second-order valence-corrected chi connectivity index (χ2v) is 6.52. The summed E-state index contributed by atoms with van der Waals surface area (Å²) in [7, 11) is 0. The summed E-state index contributed by atoms with van der Waals surface area (Å²) < 4.78 is 11.0. The fourth-order valence-corrected chi connectivity index (χ4v) is 2.99. The van der Waals surface area contributed by atoms with Crippen molar-refractivity contribution in [2.45, 2.75) is 6.92 Å². The molecular formula is C22H17N3O6. The van der Waals surface area contributed by atoms with E-state index in [0.717, 1.165) is 6.07 Å². The minimum atomic E-state index is -0.578. The third-order valence-corrected chi connectivity index (χ3v) is 4.46. The lowest BCUT2D eigenvalue weighted by Gasteiger charge is -2.08. The monoisotopic (exact) mass is 419 g/mol. The van der Waals surface area contributed by atoms with E-state index < -0.39 is 4.92 Å². The minimum Gasteiger partial charge on any atom is -0.507 e. The van der Waals surface area contributed by atoms with Crippen LogP contribution in [0, 0.1) is 10.1 Å². The number of fused-ring (bicyclic) bond motifs is 1. The molecular weight excluding hydrogens is 402 g/mol. The van der Waals surface area contributed by atoms with Crippen LogP contribution in [0.1, 0.15) is 12.5 Å². The first-order valence-corrected chi connectivity index (χ1v) is 9.33. The molecule has 2 N–H and O–H groups in total. The summed E-state index contributed by atoms with van der Waals surface area (Å²) in [5.74, 6) is -0.0694. The molecule has 0 aliphatic rings. The van der Waals surface area contributed by atoms with E-state index >= 15 is 0 Å². The van der Waals surface area contributed by atoms with Crippen LogP contribution in [0.25, 0.3) is 22.6 Å². The molecule has 1 heterocycles. The predicted molar refractivity (Wildman–Crippen MR) is 114 cm³/mol. The third-order valence-electron chi connectivity index (χ3n) is 4.46. The molecule has 4 rings (SSSR count). The number of benzene rings is 3. The number of nitro benzene ring substituents is 1. The van der Waals surface area contributed by atoms with Crippen molar-refractivity contribution in [1.82, 2.24) is 4.98 Å². The summed E-state index contributed by atoms with van der Waals surface area (Å²) in [4.78, 5) is 19.3. The molecule has 0 fully saturated rings. The quantitative estimate of drug-likeness (QED) is 0.256. The number of phenols is 2. The fourth-order valence-electron chi connectivity index (χ4n) is 2.99. The van der Waals surface area contributed by atoms with Gasteiger partial charge in [-0.25, -0.2) is 4.98 Å². The Balaban J connectivity index is 1.72. The van der Waals surface area contributed by atoms with Crippen molar-refractivity contribution in [2.24, 2.45) is 4.99 Å². The molecule has 0 radical (unpaired) electrons. The molecule has 0 aliphatic carbocycles. The molecule has 156 valence electrons. The maximum atomic E-state index is 11.2. The van der Waals surface area contributed by atoms with Gasteiger partial charge >= 0.3 is 0 Å². The van der Waals surface area contributed by atoms with Crippen LogP contribution in [-0.2, 0) is 0 Å². The Morgan fingerprint density at radius 3 is 2.74 bits per heavy atom. The van der Waals surface area contributed by atoms with Crippen molar-refractivity contribution in [1.29, 1.82) is 0 Å². The van der Waals surface area contributed by atoms with E-state index in [1.807, 2.05) is 12.1 Å². The normalized spacial score (nSPS) is 11.3. The first-order chi connectivity index (χ1) is 15.0. The molecule has 0 spiro atoms. The van der Waals surface area contributed by atoms with Crippen molar-refractivity contribution < 1.29 is 24.3 Å². The highest BCUT2D eigenvalue weighted by molar-refractivity contribution is 5.88. The Bertz CT molecular complexity index is 1280. The van der Waals surface area contributed by atoms with Crippen LogP contribution in [0.4, 0.5) is 11.4 Å². The lowest BCUT2D eigenvalue weighted by Crippen LogP contribution is -1.97. The number of hydrogen-bond acceptors (Lipinski definition) is 8. The van der Waals surface area contributed by atoms with E-state index in [1.54, 1.807) is 31.2 Å². The molecule has 0 saturated carbocycles. The molecule has 4 aromatic rings. The number of phenolic OH excluding ortho intramolecular Hbond substituents is 2. The van der Waals surface area contributed by atoms with Gasteiger partial charge in [0.25, 0.3) is 5.69 Å². The number of rotatable bonds is 6. The second-order valence-electron chi connectivity index (χ2n) is 6.52. The fraction of sp³-hybridized carbons (Fsp3) is 0.0909. The Morgan fingerprint density at radius 1 is 1.19 bits per heavy atom. The number of ether oxygens (including phenoxy) is 1. The van der Waals surface area contributed by atoms with Gasteiger partial charge in [0, 0.05) is 17.8 Å². The predicted octanol–water partition coefficient (Wildman–Crippen LogP) is 4.96. The molecule has 0 saturated heterocycles. The highest BCUT2D eigenvalue weighted by Gasteiger charge is 2.17. The average Bonchev–Trinajstić information content (AvgIpc) is 3.19. The van der Waals surface area contributed by atoms with Crippen LogP contribution in [0.2, 0.25) is 0 Å². The van der Waals surface area contributed by atoms with Gasteiger partial charge in [0.2, 0.25) is 5.89 Å². The van der Waals surface area contributed by atoms with Crippen LogP contribution in [0.15, 0.2) is 64.0 Å². The van der Waals surface area contributed by atoms with Crippen LogP contribution < -0.4 is 4.74 Å². The van der Waals surface area contributed by atoms with Crippen molar-refractivity contribution in [2.75, 3.05) is 6.61 Å². The van der Waals surface area contributed by atoms with E-state index in [2.05, 4.69) is 9.98 Å².